The molecule has 186 valence electrons. The van der Waals surface area contributed by atoms with Gasteiger partial charge in [0.05, 0.1) is 5.92 Å². The Bertz CT molecular complexity index is 955. The van der Waals surface area contributed by atoms with Crippen LogP contribution in [-0.4, -0.2) is 54.9 Å². The molecule has 2 aliphatic heterocycles. The van der Waals surface area contributed by atoms with E-state index in [9.17, 15) is 19.2 Å². The summed E-state index contributed by atoms with van der Waals surface area (Å²) in [6.45, 7) is 4.17. The molecule has 3 heterocycles. The summed E-state index contributed by atoms with van der Waals surface area (Å²) in [5, 5.41) is 6.00. The number of terminal acetylenes is 1. The summed E-state index contributed by atoms with van der Waals surface area (Å²) in [6, 6.07) is -1.04. The first-order chi connectivity index (χ1) is 16.4. The van der Waals surface area contributed by atoms with Crippen molar-refractivity contribution in [2.45, 2.75) is 64.5 Å². The molecule has 2 atom stereocenters. The molecule has 0 spiro atoms. The van der Waals surface area contributed by atoms with E-state index in [1.807, 2.05) is 0 Å². The Balaban J connectivity index is 1.49. The average Bonchev–Trinajstić information content (AvgIpc) is 3.17. The van der Waals surface area contributed by atoms with Crippen LogP contribution in [0.2, 0.25) is 0 Å². The summed E-state index contributed by atoms with van der Waals surface area (Å²) in [4.78, 5) is 51.0. The number of amides is 2. The van der Waals surface area contributed by atoms with Crippen LogP contribution in [0.25, 0.3) is 0 Å². The molecule has 0 aliphatic carbocycles. The van der Waals surface area contributed by atoms with Gasteiger partial charge in [0.25, 0.3) is 0 Å². The Morgan fingerprint density at radius 1 is 1.26 bits per heavy atom. The second-order valence-corrected chi connectivity index (χ2v) is 8.92. The minimum atomic E-state index is -1.04. The van der Waals surface area contributed by atoms with E-state index >= 15 is 0 Å². The summed E-state index contributed by atoms with van der Waals surface area (Å²) in [5.74, 6) is 0.949. The number of nitrogens with one attached hydrogen (secondary N) is 2. The highest BCUT2D eigenvalue weighted by Crippen LogP contribution is 2.22. The van der Waals surface area contributed by atoms with Crippen LogP contribution in [-0.2, 0) is 25.7 Å². The third-order valence-corrected chi connectivity index (χ3v) is 6.47. The van der Waals surface area contributed by atoms with Gasteiger partial charge in [-0.15, -0.1) is 12.3 Å². The molecule has 0 bridgehead atoms. The number of ether oxygens (including phenoxy) is 1. The molecule has 0 unspecified atom stereocenters. The number of likely N-dealkylation sites (tertiary alicyclic amines) is 1. The van der Waals surface area contributed by atoms with Gasteiger partial charge in [0.15, 0.2) is 18.1 Å². The monoisotopic (exact) mass is 475 g/mol. The van der Waals surface area contributed by atoms with E-state index in [1.54, 1.807) is 4.90 Å². The molecule has 1 aromatic heterocycles. The summed E-state index contributed by atoms with van der Waals surface area (Å²) in [6.07, 6.45) is 10.2. The number of hydrogen-bond donors (Lipinski definition) is 2. The van der Waals surface area contributed by atoms with Gasteiger partial charge in [0.2, 0.25) is 11.8 Å². The Hall–Kier alpha value is -3.06. The zero-order chi connectivity index (χ0) is 24.5. The maximum Gasteiger partial charge on any atom is 0.519 e. The molecule has 0 aromatic carbocycles. The van der Waals surface area contributed by atoms with E-state index < -0.39 is 23.8 Å². The molecule has 2 fully saturated rings. The minimum absolute atomic E-state index is 0.0511. The topological polar surface area (TPSA) is 131 Å². The summed E-state index contributed by atoms with van der Waals surface area (Å²) < 4.78 is 14.7. The number of aryl methyl sites for hydroxylation is 1. The Kier molecular flexibility index (Phi) is 9.33. The van der Waals surface area contributed by atoms with E-state index in [2.05, 4.69) is 16.6 Å². The predicted octanol–water partition coefficient (Wildman–Crippen LogP) is 1.11. The standard InChI is InChI=1S/C24H33N3O7/c1-3-5-19(23(30)32-15-20-16(2)33-24(31)34-20)26-22(29)18-6-4-13-27(14-18)21(28)8-7-17-9-11-25-12-10-17/h1,17-19,25H,4-15H2,2H3,(H,26,29)/t18-,19-/m1/s1. The lowest BCUT2D eigenvalue weighted by Gasteiger charge is -2.33. The third-order valence-electron chi connectivity index (χ3n) is 6.47. The van der Waals surface area contributed by atoms with E-state index in [-0.39, 0.29) is 36.4 Å². The molecule has 34 heavy (non-hydrogen) atoms. The Morgan fingerprint density at radius 3 is 2.71 bits per heavy atom. The first kappa shape index (κ1) is 25.6. The van der Waals surface area contributed by atoms with Gasteiger partial charge >= 0.3 is 11.8 Å². The molecule has 3 rings (SSSR count). The second-order valence-electron chi connectivity index (χ2n) is 8.92. The van der Waals surface area contributed by atoms with Crippen molar-refractivity contribution in [3.8, 4) is 12.3 Å². The number of esters is 1. The van der Waals surface area contributed by atoms with Gasteiger partial charge in [0, 0.05) is 25.9 Å². The summed E-state index contributed by atoms with van der Waals surface area (Å²) in [7, 11) is 0. The average molecular weight is 476 g/mol. The molecule has 2 amide bonds. The van der Waals surface area contributed by atoms with Crippen molar-refractivity contribution >= 4 is 17.8 Å². The molecule has 0 saturated carbocycles. The van der Waals surface area contributed by atoms with E-state index in [0.717, 1.165) is 38.8 Å². The zero-order valence-electron chi connectivity index (χ0n) is 19.6. The van der Waals surface area contributed by atoms with Crippen LogP contribution in [0.5, 0.6) is 0 Å². The lowest BCUT2D eigenvalue weighted by Crippen LogP contribution is -2.49. The number of carbonyl (C=O) groups excluding carboxylic acids is 3. The Morgan fingerprint density at radius 2 is 2.03 bits per heavy atom. The maximum atomic E-state index is 12.9. The van der Waals surface area contributed by atoms with Crippen LogP contribution in [0, 0.1) is 31.1 Å². The van der Waals surface area contributed by atoms with Crippen molar-refractivity contribution in [3.05, 3.63) is 22.1 Å². The van der Waals surface area contributed by atoms with E-state index in [0.29, 0.717) is 31.8 Å². The lowest BCUT2D eigenvalue weighted by atomic mass is 9.92. The fraction of sp³-hybridized carbons (Fsp3) is 0.667. The van der Waals surface area contributed by atoms with Crippen molar-refractivity contribution in [1.29, 1.82) is 0 Å². The molecular weight excluding hydrogens is 442 g/mol. The van der Waals surface area contributed by atoms with E-state index in [1.165, 1.54) is 6.92 Å². The van der Waals surface area contributed by atoms with Crippen molar-refractivity contribution in [2.75, 3.05) is 26.2 Å². The zero-order valence-corrected chi connectivity index (χ0v) is 19.6. The predicted molar refractivity (Wildman–Crippen MR) is 121 cm³/mol. The first-order valence-electron chi connectivity index (χ1n) is 11.9. The van der Waals surface area contributed by atoms with Crippen LogP contribution >= 0.6 is 0 Å². The summed E-state index contributed by atoms with van der Waals surface area (Å²) in [5.41, 5.74) is 0. The third kappa shape index (κ3) is 7.22. The molecule has 0 radical (unpaired) electrons. The van der Waals surface area contributed by atoms with E-state index in [4.69, 9.17) is 20.0 Å². The number of hydrogen-bond acceptors (Lipinski definition) is 8. The molecule has 10 heteroatoms. The van der Waals surface area contributed by atoms with Crippen molar-refractivity contribution in [2.24, 2.45) is 11.8 Å². The number of rotatable bonds is 9. The van der Waals surface area contributed by atoms with Crippen LogP contribution in [0.3, 0.4) is 0 Å². The smallest absolute Gasteiger partial charge is 0.456 e. The lowest BCUT2D eigenvalue weighted by molar-refractivity contribution is -0.150. The molecule has 1 aromatic rings. The molecule has 2 aliphatic rings. The van der Waals surface area contributed by atoms with Gasteiger partial charge in [-0.25, -0.2) is 9.59 Å². The number of carbonyl (C=O) groups is 3. The fourth-order valence-electron chi connectivity index (χ4n) is 4.42. The van der Waals surface area contributed by atoms with Crippen LogP contribution in [0.4, 0.5) is 0 Å². The fourth-order valence-corrected chi connectivity index (χ4v) is 4.42. The maximum absolute atomic E-state index is 12.9. The van der Waals surface area contributed by atoms with Gasteiger partial charge < -0.3 is 29.1 Å². The van der Waals surface area contributed by atoms with Gasteiger partial charge in [-0.2, -0.15) is 0 Å². The summed E-state index contributed by atoms with van der Waals surface area (Å²) >= 11 is 0. The highest BCUT2D eigenvalue weighted by atomic mass is 16.6. The highest BCUT2D eigenvalue weighted by molar-refractivity contribution is 5.86. The molecule has 10 nitrogen and oxygen atoms in total. The quantitative estimate of drug-likeness (QED) is 0.401. The second kappa shape index (κ2) is 12.4. The number of piperidine rings is 2. The van der Waals surface area contributed by atoms with Crippen LogP contribution in [0.15, 0.2) is 13.6 Å². The van der Waals surface area contributed by atoms with Crippen molar-refractivity contribution in [1.82, 2.24) is 15.5 Å². The van der Waals surface area contributed by atoms with Gasteiger partial charge in [0.1, 0.15) is 6.04 Å². The molecule has 2 saturated heterocycles. The van der Waals surface area contributed by atoms with Crippen LogP contribution < -0.4 is 16.5 Å². The molecule has 2 N–H and O–H groups in total. The van der Waals surface area contributed by atoms with Crippen molar-refractivity contribution in [3.63, 3.8) is 0 Å². The van der Waals surface area contributed by atoms with Crippen molar-refractivity contribution < 1.29 is 28.0 Å². The SMILES string of the molecule is C#CC[C@@H](NC(=O)[C@@H]1CCCN(C(=O)CCC2CCNCC2)C1)C(=O)OCc1oc(=O)oc1C. The minimum Gasteiger partial charge on any atom is -0.456 e. The largest absolute Gasteiger partial charge is 0.519 e. The molecular formula is C24H33N3O7. The van der Waals surface area contributed by atoms with Crippen LogP contribution in [0.1, 0.15) is 56.5 Å². The van der Waals surface area contributed by atoms with Gasteiger partial charge in [-0.05, 0) is 58.0 Å². The highest BCUT2D eigenvalue weighted by Gasteiger charge is 2.31. The van der Waals surface area contributed by atoms with Gasteiger partial charge in [-0.1, -0.05) is 0 Å². The Labute approximate surface area is 198 Å². The first-order valence-corrected chi connectivity index (χ1v) is 11.9. The number of nitrogens with zero attached hydrogens (tertiary/aromatic N) is 1. The van der Waals surface area contributed by atoms with Gasteiger partial charge in [-0.3, -0.25) is 9.59 Å². The normalized spacial score (nSPS) is 19.8.